The molecular formula is C14H13FN2O2. The fourth-order valence-electron chi connectivity index (χ4n) is 1.80. The van der Waals surface area contributed by atoms with Gasteiger partial charge in [-0.2, -0.15) is 0 Å². The number of benzene rings is 1. The Morgan fingerprint density at radius 1 is 1.53 bits per heavy atom. The number of hydrogen-bond acceptors (Lipinski definition) is 2. The predicted octanol–water partition coefficient (Wildman–Crippen LogP) is 2.67. The number of aromatic nitrogens is 2. The second-order valence-electron chi connectivity index (χ2n) is 3.95. The minimum Gasteiger partial charge on any atom is -0.478 e. The molecule has 0 bridgehead atoms. The summed E-state index contributed by atoms with van der Waals surface area (Å²) in [5.74, 6) is -0.708. The molecule has 0 atom stereocenters. The summed E-state index contributed by atoms with van der Waals surface area (Å²) in [6.07, 6.45) is 6.35. The zero-order chi connectivity index (χ0) is 13.8. The standard InChI is InChI=1S/C14H13FN2O2/c1-2-13-16-7-8-17(13)12-5-3-10(9-11(12)15)4-6-14(18)19/h3-9H,2H2,1H3,(H,18,19). The van der Waals surface area contributed by atoms with Crippen LogP contribution in [0, 0.1) is 5.82 Å². The van der Waals surface area contributed by atoms with Crippen molar-refractivity contribution in [2.45, 2.75) is 13.3 Å². The second-order valence-corrected chi connectivity index (χ2v) is 3.95. The van der Waals surface area contributed by atoms with Crippen LogP contribution in [0.4, 0.5) is 4.39 Å². The molecule has 0 aliphatic carbocycles. The van der Waals surface area contributed by atoms with Gasteiger partial charge in [-0.15, -0.1) is 0 Å². The number of halogens is 1. The highest BCUT2D eigenvalue weighted by Crippen LogP contribution is 2.18. The minimum absolute atomic E-state index is 0.404. The van der Waals surface area contributed by atoms with Crippen molar-refractivity contribution < 1.29 is 14.3 Å². The van der Waals surface area contributed by atoms with E-state index in [2.05, 4.69) is 4.98 Å². The summed E-state index contributed by atoms with van der Waals surface area (Å²) in [4.78, 5) is 14.5. The van der Waals surface area contributed by atoms with E-state index in [1.165, 1.54) is 12.1 Å². The van der Waals surface area contributed by atoms with E-state index < -0.39 is 11.8 Å². The van der Waals surface area contributed by atoms with Gasteiger partial charge in [0.1, 0.15) is 11.6 Å². The van der Waals surface area contributed by atoms with Gasteiger partial charge in [-0.25, -0.2) is 14.2 Å². The number of hydrogen-bond donors (Lipinski definition) is 1. The van der Waals surface area contributed by atoms with Crippen LogP contribution in [0.2, 0.25) is 0 Å². The first kappa shape index (κ1) is 13.0. The lowest BCUT2D eigenvalue weighted by Crippen LogP contribution is -2.01. The van der Waals surface area contributed by atoms with Crippen molar-refractivity contribution in [1.29, 1.82) is 0 Å². The molecule has 4 nitrogen and oxygen atoms in total. The number of carboxylic acids is 1. The molecule has 0 unspecified atom stereocenters. The van der Waals surface area contributed by atoms with E-state index in [0.717, 1.165) is 11.9 Å². The van der Waals surface area contributed by atoms with Gasteiger partial charge in [0, 0.05) is 24.9 Å². The molecule has 0 saturated heterocycles. The van der Waals surface area contributed by atoms with Gasteiger partial charge >= 0.3 is 5.97 Å². The van der Waals surface area contributed by atoms with E-state index in [-0.39, 0.29) is 0 Å². The highest BCUT2D eigenvalue weighted by molar-refractivity contribution is 5.85. The summed E-state index contributed by atoms with van der Waals surface area (Å²) in [7, 11) is 0. The van der Waals surface area contributed by atoms with Gasteiger partial charge in [-0.05, 0) is 23.8 Å². The number of nitrogens with zero attached hydrogens (tertiary/aromatic N) is 2. The molecule has 0 aliphatic heterocycles. The van der Waals surface area contributed by atoms with Crippen LogP contribution in [0.1, 0.15) is 18.3 Å². The number of imidazole rings is 1. The third-order valence-corrected chi connectivity index (χ3v) is 2.68. The predicted molar refractivity (Wildman–Crippen MR) is 69.6 cm³/mol. The van der Waals surface area contributed by atoms with Gasteiger partial charge in [0.2, 0.25) is 0 Å². The SMILES string of the molecule is CCc1nccn1-c1ccc(C=CC(=O)O)cc1F. The van der Waals surface area contributed by atoms with Gasteiger partial charge < -0.3 is 9.67 Å². The minimum atomic E-state index is -1.06. The molecule has 1 aromatic heterocycles. The lowest BCUT2D eigenvalue weighted by molar-refractivity contribution is -0.131. The smallest absolute Gasteiger partial charge is 0.328 e. The molecule has 0 radical (unpaired) electrons. The zero-order valence-electron chi connectivity index (χ0n) is 10.4. The maximum atomic E-state index is 14.0. The van der Waals surface area contributed by atoms with Gasteiger partial charge in [0.15, 0.2) is 0 Å². The van der Waals surface area contributed by atoms with Crippen LogP contribution in [0.15, 0.2) is 36.7 Å². The Labute approximate surface area is 109 Å². The monoisotopic (exact) mass is 260 g/mol. The Hall–Kier alpha value is -2.43. The van der Waals surface area contributed by atoms with E-state index >= 15 is 0 Å². The van der Waals surface area contributed by atoms with Crippen molar-refractivity contribution in [1.82, 2.24) is 9.55 Å². The Bertz CT molecular complexity index is 632. The van der Waals surface area contributed by atoms with Crippen molar-refractivity contribution in [2.24, 2.45) is 0 Å². The number of carboxylic acid groups (broad SMARTS) is 1. The van der Waals surface area contributed by atoms with Crippen molar-refractivity contribution in [3.05, 3.63) is 53.9 Å². The molecule has 1 heterocycles. The maximum absolute atomic E-state index is 14.0. The van der Waals surface area contributed by atoms with Crippen LogP contribution in [-0.2, 0) is 11.2 Å². The largest absolute Gasteiger partial charge is 0.478 e. The topological polar surface area (TPSA) is 55.1 Å². The van der Waals surface area contributed by atoms with Gasteiger partial charge in [-0.3, -0.25) is 0 Å². The molecule has 0 spiro atoms. The molecule has 2 aromatic rings. The quantitative estimate of drug-likeness (QED) is 0.860. The van der Waals surface area contributed by atoms with Gasteiger partial charge in [0.25, 0.3) is 0 Å². The fourth-order valence-corrected chi connectivity index (χ4v) is 1.80. The molecule has 98 valence electrons. The average Bonchev–Trinajstić information content (AvgIpc) is 2.84. The summed E-state index contributed by atoms with van der Waals surface area (Å²) in [5, 5.41) is 8.52. The van der Waals surface area contributed by atoms with Crippen molar-refractivity contribution >= 4 is 12.0 Å². The fraction of sp³-hybridized carbons (Fsp3) is 0.143. The lowest BCUT2D eigenvalue weighted by atomic mass is 10.2. The maximum Gasteiger partial charge on any atom is 0.328 e. The van der Waals surface area contributed by atoms with Crippen molar-refractivity contribution in [3.63, 3.8) is 0 Å². The molecule has 2 rings (SSSR count). The van der Waals surface area contributed by atoms with E-state index in [1.54, 1.807) is 29.1 Å². The number of aryl methyl sites for hydroxylation is 1. The van der Waals surface area contributed by atoms with E-state index in [9.17, 15) is 9.18 Å². The molecule has 0 aliphatic rings. The van der Waals surface area contributed by atoms with Crippen LogP contribution < -0.4 is 0 Å². The van der Waals surface area contributed by atoms with Crippen LogP contribution in [0.5, 0.6) is 0 Å². The normalized spacial score (nSPS) is 11.1. The third-order valence-electron chi connectivity index (χ3n) is 2.68. The second kappa shape index (κ2) is 5.48. The Kier molecular flexibility index (Phi) is 3.75. The average molecular weight is 260 g/mol. The van der Waals surface area contributed by atoms with Crippen LogP contribution in [0.3, 0.4) is 0 Å². The summed E-state index contributed by atoms with van der Waals surface area (Å²) in [5.41, 5.74) is 0.906. The van der Waals surface area contributed by atoms with E-state index in [0.29, 0.717) is 17.7 Å². The first-order valence-electron chi connectivity index (χ1n) is 5.85. The van der Waals surface area contributed by atoms with Crippen molar-refractivity contribution in [3.8, 4) is 5.69 Å². The molecule has 19 heavy (non-hydrogen) atoms. The molecule has 0 amide bonds. The molecule has 1 N–H and O–H groups in total. The molecule has 0 saturated carbocycles. The van der Waals surface area contributed by atoms with Gasteiger partial charge in [0.05, 0.1) is 5.69 Å². The molecular weight excluding hydrogens is 247 g/mol. The van der Waals surface area contributed by atoms with Crippen molar-refractivity contribution in [2.75, 3.05) is 0 Å². The van der Waals surface area contributed by atoms with Gasteiger partial charge in [-0.1, -0.05) is 13.0 Å². The summed E-state index contributed by atoms with van der Waals surface area (Å²) < 4.78 is 15.7. The number of aliphatic carboxylic acids is 1. The van der Waals surface area contributed by atoms with Crippen LogP contribution in [-0.4, -0.2) is 20.6 Å². The van der Waals surface area contributed by atoms with Crippen LogP contribution in [0.25, 0.3) is 11.8 Å². The highest BCUT2D eigenvalue weighted by atomic mass is 19.1. The summed E-state index contributed by atoms with van der Waals surface area (Å²) in [6, 6.07) is 4.57. The van der Waals surface area contributed by atoms with E-state index in [4.69, 9.17) is 5.11 Å². The highest BCUT2D eigenvalue weighted by Gasteiger charge is 2.08. The first-order valence-corrected chi connectivity index (χ1v) is 5.85. The molecule has 5 heteroatoms. The molecule has 0 fully saturated rings. The van der Waals surface area contributed by atoms with Crippen LogP contribution >= 0.6 is 0 Å². The Morgan fingerprint density at radius 3 is 2.95 bits per heavy atom. The Balaban J connectivity index is 2.37. The number of rotatable bonds is 4. The first-order chi connectivity index (χ1) is 9.11. The summed E-state index contributed by atoms with van der Waals surface area (Å²) in [6.45, 7) is 1.95. The Morgan fingerprint density at radius 2 is 2.32 bits per heavy atom. The molecule has 1 aromatic carbocycles. The zero-order valence-corrected chi connectivity index (χ0v) is 10.4. The third kappa shape index (κ3) is 2.88. The van der Waals surface area contributed by atoms with E-state index in [1.807, 2.05) is 6.92 Å². The lowest BCUT2D eigenvalue weighted by Gasteiger charge is -2.08. The summed E-state index contributed by atoms with van der Waals surface area (Å²) >= 11 is 0. The number of carbonyl (C=O) groups is 1.